The van der Waals surface area contributed by atoms with Crippen molar-refractivity contribution in [3.8, 4) is 0 Å². The van der Waals surface area contributed by atoms with Gasteiger partial charge in [-0.2, -0.15) is 0 Å². The molecule has 0 aromatic rings. The van der Waals surface area contributed by atoms with Crippen LogP contribution in [0.3, 0.4) is 0 Å². The predicted octanol–water partition coefficient (Wildman–Crippen LogP) is 9.51. The molecule has 0 amide bonds. The quantitative estimate of drug-likeness (QED) is 0.0585. The van der Waals surface area contributed by atoms with E-state index < -0.39 is 0 Å². The van der Waals surface area contributed by atoms with E-state index in [0.29, 0.717) is 68.3 Å². The van der Waals surface area contributed by atoms with Gasteiger partial charge in [0.25, 0.3) is 0 Å². The Kier molecular flexibility index (Phi) is 22.1. The van der Waals surface area contributed by atoms with Gasteiger partial charge in [0.15, 0.2) is 11.5 Å². The summed E-state index contributed by atoms with van der Waals surface area (Å²) in [5, 5.41) is 0. The molecule has 236 valence electrons. The van der Waals surface area contributed by atoms with Gasteiger partial charge in [0.2, 0.25) is 0 Å². The third kappa shape index (κ3) is 15.6. The molecule has 5 nitrogen and oxygen atoms in total. The summed E-state index contributed by atoms with van der Waals surface area (Å²) in [4.78, 5) is 13.2. The zero-order chi connectivity index (χ0) is 30.3. The summed E-state index contributed by atoms with van der Waals surface area (Å²) in [6.45, 7) is 15.7. The highest BCUT2D eigenvalue weighted by atomic mass is 16.6. The van der Waals surface area contributed by atoms with Crippen molar-refractivity contribution in [2.75, 3.05) is 26.4 Å². The van der Waals surface area contributed by atoms with E-state index >= 15 is 0 Å². The highest BCUT2D eigenvalue weighted by molar-refractivity contribution is 6.08. The maximum Gasteiger partial charge on any atom is 0.334 e. The van der Waals surface area contributed by atoms with Crippen LogP contribution in [0.1, 0.15) is 138 Å². The number of carbonyl (C=O) groups is 1. The van der Waals surface area contributed by atoms with Crippen LogP contribution >= 0.6 is 0 Å². The van der Waals surface area contributed by atoms with E-state index in [4.69, 9.17) is 26.8 Å². The zero-order valence-corrected chi connectivity index (χ0v) is 27.6. The van der Waals surface area contributed by atoms with Crippen molar-refractivity contribution in [2.45, 2.75) is 150 Å². The number of rotatable bonds is 26. The molecule has 0 aromatic carbocycles. The molecule has 1 aliphatic rings. The highest BCUT2D eigenvalue weighted by Gasteiger charge is 2.32. The molecule has 0 aromatic heterocycles. The van der Waals surface area contributed by atoms with Crippen molar-refractivity contribution in [2.24, 2.45) is 17.8 Å². The van der Waals surface area contributed by atoms with Crippen molar-refractivity contribution in [3.05, 3.63) is 23.2 Å². The molecule has 0 bridgehead atoms. The summed E-state index contributed by atoms with van der Waals surface area (Å²) in [5.41, 5.74) is 0.603. The number of carbonyl (C=O) groups excluding carboxylic acids is 1. The van der Waals surface area contributed by atoms with Crippen LogP contribution in [0.25, 0.3) is 0 Å². The molecule has 4 unspecified atom stereocenters. The Hall–Kier alpha value is -1.43. The SMILES string of the molecule is [B]CCCCOC(=O)C1=CC(OCC(CC)CCCC)=C(OCC(CC)CCCC)C(OCC(CC)CCCC)C1. The summed E-state index contributed by atoms with van der Waals surface area (Å²) in [5.74, 6) is 2.57. The molecule has 0 N–H and O–H groups in total. The molecule has 4 atom stereocenters. The van der Waals surface area contributed by atoms with Crippen LogP contribution in [-0.2, 0) is 23.7 Å². The first-order chi connectivity index (χ1) is 20.0. The van der Waals surface area contributed by atoms with Crippen LogP contribution in [-0.4, -0.2) is 46.3 Å². The van der Waals surface area contributed by atoms with Gasteiger partial charge in [0.05, 0.1) is 34.3 Å². The molecule has 1 aliphatic carbocycles. The fourth-order valence-electron chi connectivity index (χ4n) is 5.16. The van der Waals surface area contributed by atoms with E-state index in [1.54, 1.807) is 0 Å². The topological polar surface area (TPSA) is 54.0 Å². The fourth-order valence-corrected chi connectivity index (χ4v) is 5.16. The minimum atomic E-state index is -0.350. The van der Waals surface area contributed by atoms with Crippen LogP contribution in [0.2, 0.25) is 6.32 Å². The van der Waals surface area contributed by atoms with Crippen LogP contribution in [0.15, 0.2) is 23.2 Å². The Balaban J connectivity index is 3.29. The Morgan fingerprint density at radius 2 is 1.32 bits per heavy atom. The van der Waals surface area contributed by atoms with Gasteiger partial charge >= 0.3 is 5.97 Å². The summed E-state index contributed by atoms with van der Waals surface area (Å²) in [6, 6.07) is 0. The number of ether oxygens (including phenoxy) is 4. The molecule has 0 spiro atoms. The maximum absolute atomic E-state index is 13.2. The first-order valence-corrected chi connectivity index (χ1v) is 17.2. The summed E-state index contributed by atoms with van der Waals surface area (Å²) < 4.78 is 25.4. The van der Waals surface area contributed by atoms with E-state index in [-0.39, 0.29) is 12.1 Å². The normalized spacial score (nSPS) is 17.6. The second-order valence-corrected chi connectivity index (χ2v) is 11.9. The lowest BCUT2D eigenvalue weighted by Crippen LogP contribution is -2.30. The molecular formula is C35H63BO5. The Labute approximate surface area is 255 Å². The van der Waals surface area contributed by atoms with Crippen molar-refractivity contribution < 1.29 is 23.7 Å². The number of hydrogen-bond acceptors (Lipinski definition) is 5. The van der Waals surface area contributed by atoms with Gasteiger partial charge in [-0.05, 0) is 49.5 Å². The maximum atomic E-state index is 13.2. The smallest absolute Gasteiger partial charge is 0.334 e. The standard InChI is InChI=1S/C35H63BO5/c1-7-13-18-28(10-4)25-39-32-23-31(35(37)38-22-17-16-21-36)24-33(40-26-29(11-5)19-14-8-2)34(32)41-27-30(12-6)20-15-9-3/h23,28-30,33H,7-22,24-27H2,1-6H3. The van der Waals surface area contributed by atoms with Crippen molar-refractivity contribution >= 4 is 13.8 Å². The lowest BCUT2D eigenvalue weighted by molar-refractivity contribution is -0.139. The number of unbranched alkanes of at least 4 members (excludes halogenated alkanes) is 4. The molecule has 0 fully saturated rings. The second-order valence-electron chi connectivity index (χ2n) is 11.9. The van der Waals surface area contributed by atoms with Gasteiger partial charge in [-0.15, -0.1) is 0 Å². The molecule has 41 heavy (non-hydrogen) atoms. The first-order valence-electron chi connectivity index (χ1n) is 17.2. The zero-order valence-electron chi connectivity index (χ0n) is 27.6. The molecule has 1 rings (SSSR count). The largest absolute Gasteiger partial charge is 0.491 e. The minimum Gasteiger partial charge on any atom is -0.491 e. The van der Waals surface area contributed by atoms with Gasteiger partial charge in [-0.1, -0.05) is 112 Å². The van der Waals surface area contributed by atoms with E-state index in [9.17, 15) is 4.79 Å². The van der Waals surface area contributed by atoms with Crippen molar-refractivity contribution in [1.82, 2.24) is 0 Å². The summed E-state index contributed by atoms with van der Waals surface area (Å²) >= 11 is 0. The predicted molar refractivity (Wildman–Crippen MR) is 172 cm³/mol. The second kappa shape index (κ2) is 24.1. The molecule has 0 aliphatic heterocycles. The molecule has 0 saturated carbocycles. The highest BCUT2D eigenvalue weighted by Crippen LogP contribution is 2.32. The Bertz CT molecular complexity index is 734. The summed E-state index contributed by atoms with van der Waals surface area (Å²) in [7, 11) is 5.62. The van der Waals surface area contributed by atoms with E-state index in [0.717, 1.165) is 57.1 Å². The van der Waals surface area contributed by atoms with Crippen molar-refractivity contribution in [1.29, 1.82) is 0 Å². The van der Waals surface area contributed by atoms with Gasteiger partial charge < -0.3 is 18.9 Å². The molecule has 0 saturated heterocycles. The molecule has 6 heteroatoms. The molecular weight excluding hydrogens is 511 g/mol. The molecule has 0 heterocycles. The number of hydrogen-bond donors (Lipinski definition) is 0. The molecule has 2 radical (unpaired) electrons. The minimum absolute atomic E-state index is 0.291. The Morgan fingerprint density at radius 3 is 1.83 bits per heavy atom. The average molecular weight is 575 g/mol. The average Bonchev–Trinajstić information content (AvgIpc) is 2.99. The van der Waals surface area contributed by atoms with Crippen LogP contribution < -0.4 is 0 Å². The van der Waals surface area contributed by atoms with Crippen LogP contribution in [0.4, 0.5) is 0 Å². The van der Waals surface area contributed by atoms with E-state index in [1.807, 2.05) is 6.08 Å². The van der Waals surface area contributed by atoms with Gasteiger partial charge in [-0.25, -0.2) is 4.79 Å². The van der Waals surface area contributed by atoms with E-state index in [2.05, 4.69) is 41.5 Å². The number of esters is 1. The summed E-state index contributed by atoms with van der Waals surface area (Å²) in [6.07, 6.45) is 18.0. The number of allylic oxidation sites excluding steroid dienone is 1. The van der Waals surface area contributed by atoms with Gasteiger partial charge in [0.1, 0.15) is 6.10 Å². The van der Waals surface area contributed by atoms with Crippen molar-refractivity contribution in [3.63, 3.8) is 0 Å². The first kappa shape index (κ1) is 37.6. The van der Waals surface area contributed by atoms with E-state index in [1.165, 1.54) is 38.5 Å². The Morgan fingerprint density at radius 1 is 0.780 bits per heavy atom. The van der Waals surface area contributed by atoms with Gasteiger partial charge in [-0.3, -0.25) is 0 Å². The van der Waals surface area contributed by atoms with Crippen LogP contribution in [0, 0.1) is 17.8 Å². The lowest BCUT2D eigenvalue weighted by Gasteiger charge is -2.30. The fraction of sp³-hybridized carbons (Fsp3) is 0.857. The van der Waals surface area contributed by atoms with Crippen LogP contribution in [0.5, 0.6) is 0 Å². The monoisotopic (exact) mass is 574 g/mol. The lowest BCUT2D eigenvalue weighted by atomic mass is 9.97. The third-order valence-electron chi connectivity index (χ3n) is 8.45. The van der Waals surface area contributed by atoms with Gasteiger partial charge in [0, 0.05) is 12.0 Å². The third-order valence-corrected chi connectivity index (χ3v) is 8.45.